The number of hydrogen-bond donors (Lipinski definition) is 2. The largest absolute Gasteiger partial charge is 0.504 e. The van der Waals surface area contributed by atoms with E-state index in [0.717, 1.165) is 4.31 Å². The number of rotatable bonds is 7. The van der Waals surface area contributed by atoms with Crippen LogP contribution in [0, 0.1) is 11.5 Å². The molecule has 12 heteroatoms. The molecule has 0 aliphatic carbocycles. The minimum Gasteiger partial charge on any atom is -0.504 e. The fourth-order valence-electron chi connectivity index (χ4n) is 4.12. The first-order valence-electron chi connectivity index (χ1n) is 11.2. The van der Waals surface area contributed by atoms with Crippen LogP contribution in [0.5, 0.6) is 17.2 Å². The monoisotopic (exact) mass is 541 g/mol. The number of hydrogen-bond acceptors (Lipinski definition) is 7. The summed E-state index contributed by atoms with van der Waals surface area (Å²) in [6.07, 6.45) is 2.03. The van der Waals surface area contributed by atoms with Gasteiger partial charge in [0.25, 0.3) is 10.0 Å². The van der Waals surface area contributed by atoms with Crippen LogP contribution in [0.2, 0.25) is 5.02 Å². The van der Waals surface area contributed by atoms with Gasteiger partial charge in [-0.1, -0.05) is 41.9 Å². The van der Waals surface area contributed by atoms with E-state index in [1.54, 1.807) is 54.7 Å². The van der Waals surface area contributed by atoms with Crippen LogP contribution in [0.3, 0.4) is 0 Å². The molecule has 0 saturated carbocycles. The van der Waals surface area contributed by atoms with Crippen LogP contribution in [0.1, 0.15) is 12.8 Å². The molecule has 1 aliphatic heterocycles. The summed E-state index contributed by atoms with van der Waals surface area (Å²) in [5.74, 6) is -0.167. The highest BCUT2D eigenvalue weighted by Crippen LogP contribution is 2.45. The molecule has 3 aromatic carbocycles. The molecule has 4 rings (SSSR count). The van der Waals surface area contributed by atoms with E-state index in [0.29, 0.717) is 30.0 Å². The lowest BCUT2D eigenvalue weighted by atomic mass is 10.2. The van der Waals surface area contributed by atoms with Gasteiger partial charge in [0.05, 0.1) is 16.4 Å². The number of aromatic hydroxyl groups is 1. The highest BCUT2D eigenvalue weighted by atomic mass is 35.5. The van der Waals surface area contributed by atoms with Gasteiger partial charge < -0.3 is 20.3 Å². The van der Waals surface area contributed by atoms with Gasteiger partial charge in [0.1, 0.15) is 16.9 Å². The summed E-state index contributed by atoms with van der Waals surface area (Å²) in [6, 6.07) is 18.4. The molecule has 1 aliphatic rings. The van der Waals surface area contributed by atoms with Crippen molar-refractivity contribution in [2.45, 2.75) is 24.0 Å². The summed E-state index contributed by atoms with van der Waals surface area (Å²) in [5.41, 5.74) is 6.38. The number of nitrogens with zero attached hydrogens (tertiary/aromatic N) is 4. The molecule has 0 aromatic heterocycles. The Bertz CT molecular complexity index is 1460. The van der Waals surface area contributed by atoms with Gasteiger partial charge in [0.15, 0.2) is 11.5 Å². The number of anilines is 2. The molecule has 1 heterocycles. The standard InChI is InChI=1S/C25H24ClN5O5S/c1-35-22-12-7-15-30(22)37(33,34)24-18(26)13-14-20(23(24)32)31(25(28)29-16-27)19-10-5-6-11-21(19)36-17-8-3-2-4-9-17/h2-6,8-11,13-14,22,32H,7,12,15H2,1H3,(H2,28,29). The zero-order valence-corrected chi connectivity index (χ0v) is 21.4. The zero-order chi connectivity index (χ0) is 26.6. The van der Waals surface area contributed by atoms with E-state index in [9.17, 15) is 18.8 Å². The van der Waals surface area contributed by atoms with Crippen LogP contribution < -0.4 is 15.4 Å². The number of phenolic OH excluding ortho intramolecular Hbond substituents is 1. The first kappa shape index (κ1) is 26.2. The summed E-state index contributed by atoms with van der Waals surface area (Å²) in [7, 11) is -2.86. The van der Waals surface area contributed by atoms with Crippen LogP contribution >= 0.6 is 11.6 Å². The molecule has 10 nitrogen and oxygen atoms in total. The minimum atomic E-state index is -4.27. The summed E-state index contributed by atoms with van der Waals surface area (Å²) in [5, 5.41) is 20.4. The Labute approximate surface area is 219 Å². The van der Waals surface area contributed by atoms with Crippen molar-refractivity contribution in [3.63, 3.8) is 0 Å². The quantitative estimate of drug-likeness (QED) is 0.252. The van der Waals surface area contributed by atoms with Gasteiger partial charge in [-0.25, -0.2) is 8.42 Å². The number of para-hydroxylation sites is 3. The lowest BCUT2D eigenvalue weighted by molar-refractivity contribution is 0.0405. The van der Waals surface area contributed by atoms with E-state index in [4.69, 9.17) is 26.8 Å². The van der Waals surface area contributed by atoms with Gasteiger partial charge in [-0.2, -0.15) is 9.57 Å². The van der Waals surface area contributed by atoms with Crippen LogP contribution in [0.25, 0.3) is 0 Å². The zero-order valence-electron chi connectivity index (χ0n) is 19.8. The van der Waals surface area contributed by atoms with Crippen molar-refractivity contribution in [1.82, 2.24) is 4.31 Å². The lowest BCUT2D eigenvalue weighted by Gasteiger charge is -2.28. The maximum atomic E-state index is 13.6. The van der Waals surface area contributed by atoms with Gasteiger partial charge in [-0.15, -0.1) is 4.99 Å². The molecular weight excluding hydrogens is 518 g/mol. The van der Waals surface area contributed by atoms with Crippen LogP contribution in [-0.2, 0) is 14.8 Å². The van der Waals surface area contributed by atoms with Crippen molar-refractivity contribution in [1.29, 1.82) is 5.26 Å². The Morgan fingerprint density at radius 1 is 1.16 bits per heavy atom. The van der Waals surface area contributed by atoms with Crippen LogP contribution in [-0.4, -0.2) is 43.7 Å². The molecule has 1 fully saturated rings. The lowest BCUT2D eigenvalue weighted by Crippen LogP contribution is -2.37. The predicted octanol–water partition coefficient (Wildman–Crippen LogP) is 4.53. The molecule has 3 N–H and O–H groups in total. The van der Waals surface area contributed by atoms with E-state index in [-0.39, 0.29) is 23.2 Å². The molecule has 0 amide bonds. The molecule has 0 spiro atoms. The first-order chi connectivity index (χ1) is 17.8. The van der Waals surface area contributed by atoms with E-state index >= 15 is 0 Å². The number of methoxy groups -OCH3 is 1. The maximum absolute atomic E-state index is 13.6. The van der Waals surface area contributed by atoms with Crippen molar-refractivity contribution in [2.24, 2.45) is 10.7 Å². The van der Waals surface area contributed by atoms with Crippen molar-refractivity contribution < 1.29 is 23.0 Å². The molecule has 0 bridgehead atoms. The highest BCUT2D eigenvalue weighted by molar-refractivity contribution is 7.89. The van der Waals surface area contributed by atoms with Gasteiger partial charge in [-0.05, 0) is 49.2 Å². The Hall–Kier alpha value is -3.82. The van der Waals surface area contributed by atoms with E-state index in [2.05, 4.69) is 4.99 Å². The van der Waals surface area contributed by atoms with Crippen molar-refractivity contribution in [3.8, 4) is 23.4 Å². The third-order valence-electron chi connectivity index (χ3n) is 5.76. The molecule has 3 aromatic rings. The smallest absolute Gasteiger partial charge is 0.250 e. The van der Waals surface area contributed by atoms with Crippen molar-refractivity contribution in [2.75, 3.05) is 18.6 Å². The summed E-state index contributed by atoms with van der Waals surface area (Å²) in [6.45, 7) is 0.205. The van der Waals surface area contributed by atoms with Gasteiger partial charge in [-0.3, -0.25) is 4.90 Å². The number of aliphatic imine (C=N–C) groups is 1. The summed E-state index contributed by atoms with van der Waals surface area (Å²) in [4.78, 5) is 4.35. The molecule has 1 atom stereocenters. The van der Waals surface area contributed by atoms with Gasteiger partial charge in [0.2, 0.25) is 12.2 Å². The van der Waals surface area contributed by atoms with Gasteiger partial charge >= 0.3 is 0 Å². The summed E-state index contributed by atoms with van der Waals surface area (Å²) < 4.78 is 39.7. The molecular formula is C25H24ClN5O5S. The Morgan fingerprint density at radius 2 is 1.86 bits per heavy atom. The van der Waals surface area contributed by atoms with E-state index < -0.39 is 26.9 Å². The SMILES string of the molecule is COC1CCCN1S(=O)(=O)c1c(Cl)ccc(N(C(N)=NC#N)c2ccccc2Oc2ccccc2)c1O. The van der Waals surface area contributed by atoms with E-state index in [1.807, 2.05) is 6.07 Å². The normalized spacial score (nSPS) is 16.4. The molecule has 0 radical (unpaired) electrons. The van der Waals surface area contributed by atoms with Crippen LogP contribution in [0.15, 0.2) is 76.6 Å². The number of guanidine groups is 1. The third kappa shape index (κ3) is 5.19. The molecule has 192 valence electrons. The second-order valence-corrected chi connectivity index (χ2v) is 10.2. The fraction of sp³-hybridized carbons (Fsp3) is 0.200. The first-order valence-corrected chi connectivity index (χ1v) is 13.0. The van der Waals surface area contributed by atoms with E-state index in [1.165, 1.54) is 24.1 Å². The number of sulfonamides is 1. The minimum absolute atomic E-state index is 0.0725. The Kier molecular flexibility index (Phi) is 7.85. The van der Waals surface area contributed by atoms with Crippen molar-refractivity contribution >= 4 is 39.0 Å². The molecule has 37 heavy (non-hydrogen) atoms. The second-order valence-electron chi connectivity index (χ2n) is 7.98. The number of benzene rings is 3. The predicted molar refractivity (Wildman–Crippen MR) is 139 cm³/mol. The summed E-state index contributed by atoms with van der Waals surface area (Å²) >= 11 is 6.32. The number of ether oxygens (including phenoxy) is 2. The maximum Gasteiger partial charge on any atom is 0.250 e. The average Bonchev–Trinajstić information content (AvgIpc) is 3.37. The number of nitrogens with two attached hydrogens (primary N) is 1. The second kappa shape index (κ2) is 11.1. The Morgan fingerprint density at radius 3 is 2.57 bits per heavy atom. The highest BCUT2D eigenvalue weighted by Gasteiger charge is 2.39. The van der Waals surface area contributed by atoms with Crippen molar-refractivity contribution in [3.05, 3.63) is 71.8 Å². The van der Waals surface area contributed by atoms with Crippen LogP contribution in [0.4, 0.5) is 11.4 Å². The molecule has 1 unspecified atom stereocenters. The van der Waals surface area contributed by atoms with Gasteiger partial charge in [0, 0.05) is 13.7 Å². The topological polar surface area (TPSA) is 141 Å². The number of halogens is 1. The molecule has 1 saturated heterocycles. The Balaban J connectivity index is 1.89. The fourth-order valence-corrected chi connectivity index (χ4v) is 6.33. The number of phenols is 1. The number of nitriles is 1. The average molecular weight is 542 g/mol. The third-order valence-corrected chi connectivity index (χ3v) is 8.15.